The van der Waals surface area contributed by atoms with Gasteiger partial charge >= 0.3 is 0 Å². The highest BCUT2D eigenvalue weighted by molar-refractivity contribution is 5.95. The van der Waals surface area contributed by atoms with Crippen LogP contribution in [0, 0.1) is 0 Å². The predicted octanol–water partition coefficient (Wildman–Crippen LogP) is 4.05. The Labute approximate surface area is 169 Å². The summed E-state index contributed by atoms with van der Waals surface area (Å²) in [5, 5.41) is 4.06. The van der Waals surface area contributed by atoms with Crippen molar-refractivity contribution in [3.05, 3.63) is 89.5 Å². The number of hydrogen-bond donors (Lipinski definition) is 1. The largest absolute Gasteiger partial charge is 0.493 e. The van der Waals surface area contributed by atoms with Crippen LogP contribution in [0.1, 0.15) is 21.5 Å². The standard InChI is InChI=1S/C23H22N2O4/c1-27-21-13-12-18(14-22(21)28-2)23(26)25-24-15-19-10-6-7-11-20(19)29-16-17-8-4-3-5-9-17/h3-15H,16H2,1-2H3,(H,25,26)/b24-15+. The molecule has 3 aromatic carbocycles. The molecule has 0 aliphatic rings. The second-order valence-electron chi connectivity index (χ2n) is 6.08. The van der Waals surface area contributed by atoms with Crippen LogP contribution in [0.4, 0.5) is 0 Å². The zero-order chi connectivity index (χ0) is 20.5. The maximum atomic E-state index is 12.3. The molecule has 0 aromatic heterocycles. The molecule has 148 valence electrons. The van der Waals surface area contributed by atoms with E-state index in [1.165, 1.54) is 7.11 Å². The minimum absolute atomic E-state index is 0.357. The molecule has 0 atom stereocenters. The average molecular weight is 390 g/mol. The predicted molar refractivity (Wildman–Crippen MR) is 112 cm³/mol. The van der Waals surface area contributed by atoms with Gasteiger partial charge in [0.1, 0.15) is 12.4 Å². The second kappa shape index (κ2) is 9.94. The zero-order valence-corrected chi connectivity index (χ0v) is 16.3. The normalized spacial score (nSPS) is 10.6. The monoisotopic (exact) mass is 390 g/mol. The number of rotatable bonds is 8. The van der Waals surface area contributed by atoms with Gasteiger partial charge in [-0.1, -0.05) is 42.5 Å². The van der Waals surface area contributed by atoms with Gasteiger partial charge in [0, 0.05) is 11.1 Å². The van der Waals surface area contributed by atoms with Gasteiger partial charge < -0.3 is 14.2 Å². The van der Waals surface area contributed by atoms with E-state index >= 15 is 0 Å². The summed E-state index contributed by atoms with van der Waals surface area (Å²) in [6.45, 7) is 0.448. The highest BCUT2D eigenvalue weighted by atomic mass is 16.5. The summed E-state index contributed by atoms with van der Waals surface area (Å²) in [6, 6.07) is 22.3. The van der Waals surface area contributed by atoms with E-state index in [9.17, 15) is 4.79 Å². The molecule has 6 heteroatoms. The summed E-state index contributed by atoms with van der Waals surface area (Å²) in [6.07, 6.45) is 1.55. The smallest absolute Gasteiger partial charge is 0.271 e. The third-order valence-electron chi connectivity index (χ3n) is 4.17. The first-order chi connectivity index (χ1) is 14.2. The highest BCUT2D eigenvalue weighted by Crippen LogP contribution is 2.27. The molecule has 0 heterocycles. The van der Waals surface area contributed by atoms with E-state index in [1.54, 1.807) is 31.5 Å². The fraction of sp³-hybridized carbons (Fsp3) is 0.130. The van der Waals surface area contributed by atoms with Crippen LogP contribution in [-0.2, 0) is 6.61 Å². The molecule has 0 spiro atoms. The lowest BCUT2D eigenvalue weighted by molar-refractivity contribution is 0.0954. The summed E-state index contributed by atoms with van der Waals surface area (Å²) in [4.78, 5) is 12.3. The molecule has 3 aromatic rings. The first kappa shape index (κ1) is 19.9. The molecular weight excluding hydrogens is 368 g/mol. The van der Waals surface area contributed by atoms with E-state index in [2.05, 4.69) is 10.5 Å². The molecule has 0 saturated heterocycles. The van der Waals surface area contributed by atoms with Crippen LogP contribution >= 0.6 is 0 Å². The zero-order valence-electron chi connectivity index (χ0n) is 16.3. The second-order valence-corrected chi connectivity index (χ2v) is 6.08. The van der Waals surface area contributed by atoms with Crippen LogP contribution in [0.3, 0.4) is 0 Å². The van der Waals surface area contributed by atoms with Crippen molar-refractivity contribution in [1.82, 2.24) is 5.43 Å². The number of hydrazone groups is 1. The quantitative estimate of drug-likeness (QED) is 0.465. The Bertz CT molecular complexity index is 987. The summed E-state index contributed by atoms with van der Waals surface area (Å²) < 4.78 is 16.3. The summed E-state index contributed by atoms with van der Waals surface area (Å²) in [5.74, 6) is 1.35. The van der Waals surface area contributed by atoms with Gasteiger partial charge in [-0.25, -0.2) is 5.43 Å². The van der Waals surface area contributed by atoms with Gasteiger partial charge in [-0.3, -0.25) is 4.79 Å². The topological polar surface area (TPSA) is 69.2 Å². The molecule has 1 N–H and O–H groups in total. The van der Waals surface area contributed by atoms with E-state index in [1.807, 2.05) is 54.6 Å². The maximum absolute atomic E-state index is 12.3. The van der Waals surface area contributed by atoms with Crippen molar-refractivity contribution < 1.29 is 19.0 Å². The molecule has 0 radical (unpaired) electrons. The first-order valence-electron chi connectivity index (χ1n) is 9.02. The van der Waals surface area contributed by atoms with Crippen LogP contribution in [0.2, 0.25) is 0 Å². The Hall–Kier alpha value is -3.80. The van der Waals surface area contributed by atoms with Crippen molar-refractivity contribution in [1.29, 1.82) is 0 Å². The van der Waals surface area contributed by atoms with Crippen molar-refractivity contribution in [3.8, 4) is 17.2 Å². The van der Waals surface area contributed by atoms with E-state index in [0.717, 1.165) is 11.1 Å². The Balaban J connectivity index is 1.65. The van der Waals surface area contributed by atoms with Crippen molar-refractivity contribution in [2.75, 3.05) is 14.2 Å². The van der Waals surface area contributed by atoms with Crippen LogP contribution in [-0.4, -0.2) is 26.3 Å². The van der Waals surface area contributed by atoms with E-state index in [4.69, 9.17) is 14.2 Å². The molecule has 0 fully saturated rings. The van der Waals surface area contributed by atoms with Crippen molar-refractivity contribution in [3.63, 3.8) is 0 Å². The van der Waals surface area contributed by atoms with Crippen molar-refractivity contribution in [2.45, 2.75) is 6.61 Å². The van der Waals surface area contributed by atoms with E-state index in [-0.39, 0.29) is 5.91 Å². The molecular formula is C23H22N2O4. The Morgan fingerprint density at radius 2 is 1.62 bits per heavy atom. The summed E-state index contributed by atoms with van der Waals surface area (Å²) in [5.41, 5.74) is 4.76. The minimum atomic E-state index is -0.357. The molecule has 0 aliphatic heterocycles. The van der Waals surface area contributed by atoms with Crippen molar-refractivity contribution >= 4 is 12.1 Å². The van der Waals surface area contributed by atoms with Crippen molar-refractivity contribution in [2.24, 2.45) is 5.10 Å². The number of para-hydroxylation sites is 1. The summed E-state index contributed by atoms with van der Waals surface area (Å²) in [7, 11) is 3.06. The van der Waals surface area contributed by atoms with Gasteiger partial charge in [-0.15, -0.1) is 0 Å². The number of carbonyl (C=O) groups excluding carboxylic acids is 1. The van der Waals surface area contributed by atoms with E-state index < -0.39 is 0 Å². The molecule has 0 aliphatic carbocycles. The molecule has 6 nitrogen and oxygen atoms in total. The minimum Gasteiger partial charge on any atom is -0.493 e. The van der Waals surface area contributed by atoms with E-state index in [0.29, 0.717) is 29.4 Å². The van der Waals surface area contributed by atoms with Crippen LogP contribution in [0.5, 0.6) is 17.2 Å². The number of methoxy groups -OCH3 is 2. The lowest BCUT2D eigenvalue weighted by Crippen LogP contribution is -2.17. The molecule has 3 rings (SSSR count). The number of ether oxygens (including phenoxy) is 3. The lowest BCUT2D eigenvalue weighted by atomic mass is 10.2. The number of amides is 1. The molecule has 29 heavy (non-hydrogen) atoms. The van der Waals surface area contributed by atoms with Crippen LogP contribution in [0.25, 0.3) is 0 Å². The van der Waals surface area contributed by atoms with Crippen LogP contribution < -0.4 is 19.6 Å². The third kappa shape index (κ3) is 5.35. The number of carbonyl (C=O) groups is 1. The van der Waals surface area contributed by atoms with Gasteiger partial charge in [0.05, 0.1) is 20.4 Å². The molecule has 1 amide bonds. The lowest BCUT2D eigenvalue weighted by Gasteiger charge is -2.09. The third-order valence-corrected chi connectivity index (χ3v) is 4.17. The summed E-state index contributed by atoms with van der Waals surface area (Å²) >= 11 is 0. The van der Waals surface area contributed by atoms with Gasteiger partial charge in [-0.2, -0.15) is 5.10 Å². The maximum Gasteiger partial charge on any atom is 0.271 e. The first-order valence-corrected chi connectivity index (χ1v) is 9.02. The molecule has 0 unspecified atom stereocenters. The molecule has 0 bridgehead atoms. The Morgan fingerprint density at radius 3 is 2.38 bits per heavy atom. The Kier molecular flexibility index (Phi) is 6.84. The fourth-order valence-corrected chi connectivity index (χ4v) is 2.66. The molecule has 0 saturated carbocycles. The van der Waals surface area contributed by atoms with Gasteiger partial charge in [0.2, 0.25) is 0 Å². The Morgan fingerprint density at radius 1 is 0.897 bits per heavy atom. The SMILES string of the molecule is COc1ccc(C(=O)N/N=C/c2ccccc2OCc2ccccc2)cc1OC. The number of benzene rings is 3. The number of nitrogens with zero attached hydrogens (tertiary/aromatic N) is 1. The average Bonchev–Trinajstić information content (AvgIpc) is 2.78. The number of nitrogens with one attached hydrogen (secondary N) is 1. The van der Waals surface area contributed by atoms with Gasteiger partial charge in [0.25, 0.3) is 5.91 Å². The van der Waals surface area contributed by atoms with Gasteiger partial charge in [-0.05, 0) is 35.9 Å². The number of hydrogen-bond acceptors (Lipinski definition) is 5. The fourth-order valence-electron chi connectivity index (χ4n) is 2.66. The van der Waals surface area contributed by atoms with Gasteiger partial charge in [0.15, 0.2) is 11.5 Å². The van der Waals surface area contributed by atoms with Crippen LogP contribution in [0.15, 0.2) is 77.9 Å². The highest BCUT2D eigenvalue weighted by Gasteiger charge is 2.10.